The third-order valence-electron chi connectivity index (χ3n) is 3.16. The van der Waals surface area contributed by atoms with Crippen LogP contribution in [-0.4, -0.2) is 35.1 Å². The molecule has 0 fully saturated rings. The van der Waals surface area contributed by atoms with E-state index < -0.39 is 5.97 Å². The fraction of sp³-hybridized carbons (Fsp3) is 0.500. The molecule has 5 nitrogen and oxygen atoms in total. The molecule has 116 valence electrons. The topological polar surface area (TPSA) is 69.6 Å². The number of carbonyl (C=O) groups excluding carboxylic acids is 1. The quantitative estimate of drug-likeness (QED) is 0.847. The minimum atomic E-state index is -0.949. The van der Waals surface area contributed by atoms with Crippen molar-refractivity contribution in [1.29, 1.82) is 0 Å². The Kier molecular flexibility index (Phi) is 6.21. The maximum atomic E-state index is 12.0. The molecule has 0 saturated carbocycles. The Bertz CT molecular complexity index is 483. The Morgan fingerprint density at radius 3 is 2.24 bits per heavy atom. The molecular formula is C16H24N2O3. The summed E-state index contributed by atoms with van der Waals surface area (Å²) < 4.78 is 0. The molecule has 0 aliphatic heterocycles. The summed E-state index contributed by atoms with van der Waals surface area (Å²) in [6.07, 6.45) is 0.937. The molecule has 0 aromatic heterocycles. The van der Waals surface area contributed by atoms with E-state index in [2.05, 4.69) is 19.2 Å². The molecule has 0 bridgehead atoms. The normalized spacial score (nSPS) is 12.0. The van der Waals surface area contributed by atoms with Crippen molar-refractivity contribution in [2.45, 2.75) is 39.8 Å². The first-order valence-electron chi connectivity index (χ1n) is 7.13. The molecule has 5 heteroatoms. The minimum absolute atomic E-state index is 0.120. The van der Waals surface area contributed by atoms with E-state index in [0.717, 1.165) is 12.0 Å². The Labute approximate surface area is 126 Å². The van der Waals surface area contributed by atoms with Gasteiger partial charge in [0, 0.05) is 19.6 Å². The van der Waals surface area contributed by atoms with Crippen molar-refractivity contribution in [3.05, 3.63) is 35.4 Å². The molecule has 1 aromatic carbocycles. The van der Waals surface area contributed by atoms with Crippen LogP contribution >= 0.6 is 0 Å². The highest BCUT2D eigenvalue weighted by Gasteiger charge is 2.13. The number of hydrogen-bond acceptors (Lipinski definition) is 2. The Morgan fingerprint density at radius 1 is 1.19 bits per heavy atom. The van der Waals surface area contributed by atoms with E-state index in [9.17, 15) is 9.59 Å². The molecule has 1 aromatic rings. The van der Waals surface area contributed by atoms with E-state index in [1.807, 2.05) is 6.92 Å². The predicted octanol–water partition coefficient (Wildman–Crippen LogP) is 2.96. The van der Waals surface area contributed by atoms with Crippen LogP contribution in [0.25, 0.3) is 0 Å². The van der Waals surface area contributed by atoms with Gasteiger partial charge in [-0.2, -0.15) is 0 Å². The standard InChI is InChI=1S/C16H24N2O3/c1-11(2)9-12(3)17-16(21)18(4)10-13-5-7-14(8-6-13)15(19)20/h5-8,11-12H,9-10H2,1-4H3,(H,17,21)(H,19,20). The zero-order valence-electron chi connectivity index (χ0n) is 13.1. The number of nitrogens with zero attached hydrogens (tertiary/aromatic N) is 1. The molecule has 2 N–H and O–H groups in total. The number of amides is 2. The number of nitrogens with one attached hydrogen (secondary N) is 1. The molecule has 0 saturated heterocycles. The summed E-state index contributed by atoms with van der Waals surface area (Å²) >= 11 is 0. The van der Waals surface area contributed by atoms with Crippen molar-refractivity contribution in [1.82, 2.24) is 10.2 Å². The van der Waals surface area contributed by atoms with Crippen LogP contribution in [-0.2, 0) is 6.54 Å². The largest absolute Gasteiger partial charge is 0.478 e. The molecule has 1 atom stereocenters. The van der Waals surface area contributed by atoms with Gasteiger partial charge in [-0.3, -0.25) is 0 Å². The SMILES string of the molecule is CC(C)CC(C)NC(=O)N(C)Cc1ccc(C(=O)O)cc1. The van der Waals surface area contributed by atoms with E-state index in [0.29, 0.717) is 12.5 Å². The smallest absolute Gasteiger partial charge is 0.335 e. The van der Waals surface area contributed by atoms with Gasteiger partial charge in [0.2, 0.25) is 0 Å². The van der Waals surface area contributed by atoms with Gasteiger partial charge in [-0.25, -0.2) is 9.59 Å². The summed E-state index contributed by atoms with van der Waals surface area (Å²) in [7, 11) is 1.72. The van der Waals surface area contributed by atoms with Crippen LogP contribution in [0.15, 0.2) is 24.3 Å². The van der Waals surface area contributed by atoms with Crippen LogP contribution in [0.3, 0.4) is 0 Å². The average molecular weight is 292 g/mol. The summed E-state index contributed by atoms with van der Waals surface area (Å²) in [5.41, 5.74) is 1.14. The fourth-order valence-corrected chi connectivity index (χ4v) is 2.19. The summed E-state index contributed by atoms with van der Waals surface area (Å²) in [5, 5.41) is 11.8. The van der Waals surface area contributed by atoms with Gasteiger partial charge in [0.15, 0.2) is 0 Å². The van der Waals surface area contributed by atoms with Gasteiger partial charge in [0.1, 0.15) is 0 Å². The molecule has 2 amide bonds. The number of carbonyl (C=O) groups is 2. The average Bonchev–Trinajstić information content (AvgIpc) is 2.38. The Morgan fingerprint density at radius 2 is 1.76 bits per heavy atom. The van der Waals surface area contributed by atoms with Crippen molar-refractivity contribution in [3.63, 3.8) is 0 Å². The number of hydrogen-bond donors (Lipinski definition) is 2. The minimum Gasteiger partial charge on any atom is -0.478 e. The molecule has 0 aliphatic carbocycles. The summed E-state index contributed by atoms with van der Waals surface area (Å²) in [6.45, 7) is 6.68. The highest BCUT2D eigenvalue weighted by Crippen LogP contribution is 2.08. The lowest BCUT2D eigenvalue weighted by atomic mass is 10.1. The maximum Gasteiger partial charge on any atom is 0.335 e. The third kappa shape index (κ3) is 5.85. The second-order valence-corrected chi connectivity index (χ2v) is 5.84. The fourth-order valence-electron chi connectivity index (χ4n) is 2.19. The van der Waals surface area contributed by atoms with E-state index in [-0.39, 0.29) is 17.6 Å². The summed E-state index contributed by atoms with van der Waals surface area (Å²) in [5.74, 6) is -0.413. The number of carboxylic acid groups (broad SMARTS) is 1. The van der Waals surface area contributed by atoms with E-state index in [4.69, 9.17) is 5.11 Å². The number of urea groups is 1. The summed E-state index contributed by atoms with van der Waals surface area (Å²) in [6, 6.07) is 6.56. The molecule has 21 heavy (non-hydrogen) atoms. The second-order valence-electron chi connectivity index (χ2n) is 5.84. The third-order valence-corrected chi connectivity index (χ3v) is 3.16. The zero-order valence-corrected chi connectivity index (χ0v) is 13.1. The highest BCUT2D eigenvalue weighted by atomic mass is 16.4. The van der Waals surface area contributed by atoms with Crippen LogP contribution in [0.5, 0.6) is 0 Å². The van der Waals surface area contributed by atoms with Gasteiger partial charge in [-0.15, -0.1) is 0 Å². The van der Waals surface area contributed by atoms with Crippen molar-refractivity contribution in [2.75, 3.05) is 7.05 Å². The lowest BCUT2D eigenvalue weighted by molar-refractivity contribution is 0.0697. The van der Waals surface area contributed by atoms with Gasteiger partial charge >= 0.3 is 12.0 Å². The molecule has 0 heterocycles. The molecule has 0 spiro atoms. The van der Waals surface area contributed by atoms with Crippen LogP contribution < -0.4 is 5.32 Å². The first-order valence-corrected chi connectivity index (χ1v) is 7.13. The first kappa shape index (κ1) is 17.0. The van der Waals surface area contributed by atoms with Crippen LogP contribution in [0, 0.1) is 5.92 Å². The van der Waals surface area contributed by atoms with Gasteiger partial charge < -0.3 is 15.3 Å². The molecule has 1 unspecified atom stereocenters. The molecule has 0 aliphatic rings. The monoisotopic (exact) mass is 292 g/mol. The van der Waals surface area contributed by atoms with Gasteiger partial charge in [-0.1, -0.05) is 26.0 Å². The number of aromatic carboxylic acids is 1. The van der Waals surface area contributed by atoms with Crippen molar-refractivity contribution in [3.8, 4) is 0 Å². The van der Waals surface area contributed by atoms with Crippen LogP contribution in [0.4, 0.5) is 4.79 Å². The van der Waals surface area contributed by atoms with Gasteiger partial charge in [0.25, 0.3) is 0 Å². The maximum absolute atomic E-state index is 12.0. The summed E-state index contributed by atoms with van der Waals surface area (Å²) in [4.78, 5) is 24.4. The Balaban J connectivity index is 2.53. The second kappa shape index (κ2) is 7.67. The van der Waals surface area contributed by atoms with E-state index >= 15 is 0 Å². The predicted molar refractivity (Wildman–Crippen MR) is 82.3 cm³/mol. The molecular weight excluding hydrogens is 268 g/mol. The van der Waals surface area contributed by atoms with Crippen LogP contribution in [0.2, 0.25) is 0 Å². The lowest BCUT2D eigenvalue weighted by Gasteiger charge is -2.22. The molecule has 0 radical (unpaired) electrons. The number of rotatable bonds is 6. The number of carboxylic acids is 1. The van der Waals surface area contributed by atoms with Crippen molar-refractivity contribution < 1.29 is 14.7 Å². The Hall–Kier alpha value is -2.04. The van der Waals surface area contributed by atoms with E-state index in [1.165, 1.54) is 0 Å². The lowest BCUT2D eigenvalue weighted by Crippen LogP contribution is -2.42. The van der Waals surface area contributed by atoms with Crippen molar-refractivity contribution >= 4 is 12.0 Å². The van der Waals surface area contributed by atoms with Gasteiger partial charge in [0.05, 0.1) is 5.56 Å². The van der Waals surface area contributed by atoms with Crippen molar-refractivity contribution in [2.24, 2.45) is 5.92 Å². The van der Waals surface area contributed by atoms with Crippen LogP contribution in [0.1, 0.15) is 43.1 Å². The molecule has 1 rings (SSSR count). The first-order chi connectivity index (χ1) is 9.79. The highest BCUT2D eigenvalue weighted by molar-refractivity contribution is 5.87. The van der Waals surface area contributed by atoms with Gasteiger partial charge in [-0.05, 0) is 37.0 Å². The zero-order chi connectivity index (χ0) is 16.0. The number of benzene rings is 1. The van der Waals surface area contributed by atoms with E-state index in [1.54, 1.807) is 36.2 Å².